The third-order valence-corrected chi connectivity index (χ3v) is 3.26. The average molecular weight is 250 g/mol. The minimum absolute atomic E-state index is 0.0276. The lowest BCUT2D eigenvalue weighted by atomic mass is 9.90. The van der Waals surface area contributed by atoms with Crippen LogP contribution in [0.3, 0.4) is 0 Å². The first-order valence-electron chi connectivity index (χ1n) is 6.11. The zero-order chi connectivity index (χ0) is 13.0. The molecular formula is C14H18O4. The second-order valence-electron chi connectivity index (χ2n) is 4.29. The van der Waals surface area contributed by atoms with Gasteiger partial charge in [-0.3, -0.25) is 4.79 Å². The molecule has 0 aliphatic carbocycles. The van der Waals surface area contributed by atoms with E-state index in [1.165, 1.54) is 0 Å². The zero-order valence-corrected chi connectivity index (χ0v) is 10.8. The second-order valence-corrected chi connectivity index (χ2v) is 4.29. The van der Waals surface area contributed by atoms with Gasteiger partial charge >= 0.3 is 0 Å². The number of methoxy groups -OCH3 is 2. The van der Waals surface area contributed by atoms with Crippen molar-refractivity contribution in [2.24, 2.45) is 5.92 Å². The number of hydrogen-bond acceptors (Lipinski definition) is 4. The van der Waals surface area contributed by atoms with Gasteiger partial charge in [-0.05, 0) is 25.0 Å². The van der Waals surface area contributed by atoms with Crippen LogP contribution in [0.15, 0.2) is 18.2 Å². The van der Waals surface area contributed by atoms with Crippen molar-refractivity contribution in [1.29, 1.82) is 0 Å². The quantitative estimate of drug-likeness (QED) is 0.769. The van der Waals surface area contributed by atoms with Crippen LogP contribution in [0, 0.1) is 5.92 Å². The molecule has 1 aromatic rings. The number of ketones is 1. The molecular weight excluding hydrogens is 232 g/mol. The molecule has 1 aromatic carbocycles. The Hall–Kier alpha value is -1.55. The van der Waals surface area contributed by atoms with Gasteiger partial charge in [-0.2, -0.15) is 0 Å². The zero-order valence-electron chi connectivity index (χ0n) is 10.8. The van der Waals surface area contributed by atoms with Crippen molar-refractivity contribution in [3.63, 3.8) is 0 Å². The molecule has 98 valence electrons. The molecule has 1 aliphatic rings. The fourth-order valence-corrected chi connectivity index (χ4v) is 2.26. The molecule has 0 bridgehead atoms. The molecule has 18 heavy (non-hydrogen) atoms. The van der Waals surface area contributed by atoms with Gasteiger partial charge in [0.1, 0.15) is 0 Å². The Bertz CT molecular complexity index is 422. The van der Waals surface area contributed by atoms with Crippen molar-refractivity contribution in [2.75, 3.05) is 27.4 Å². The van der Waals surface area contributed by atoms with Gasteiger partial charge < -0.3 is 14.2 Å². The summed E-state index contributed by atoms with van der Waals surface area (Å²) in [6.45, 7) is 1.31. The van der Waals surface area contributed by atoms with E-state index in [1.807, 2.05) is 6.07 Å². The lowest BCUT2D eigenvalue weighted by Gasteiger charge is -2.22. The molecule has 1 heterocycles. The van der Waals surface area contributed by atoms with E-state index in [4.69, 9.17) is 14.2 Å². The van der Waals surface area contributed by atoms with Crippen molar-refractivity contribution in [3.05, 3.63) is 23.8 Å². The van der Waals surface area contributed by atoms with Crippen molar-refractivity contribution < 1.29 is 19.0 Å². The number of Topliss-reactive ketones (excluding diaryl/α,β-unsaturated/α-hetero) is 1. The number of rotatable bonds is 4. The maximum Gasteiger partial charge on any atom is 0.171 e. The number of ether oxygens (including phenoxy) is 3. The maximum atomic E-state index is 12.5. The lowest BCUT2D eigenvalue weighted by molar-refractivity contribution is 0.0542. The summed E-state index contributed by atoms with van der Waals surface area (Å²) in [7, 11) is 3.12. The van der Waals surface area contributed by atoms with Crippen LogP contribution in [0.2, 0.25) is 0 Å². The van der Waals surface area contributed by atoms with Crippen LogP contribution in [-0.4, -0.2) is 33.2 Å². The van der Waals surface area contributed by atoms with Crippen LogP contribution in [-0.2, 0) is 4.74 Å². The summed E-state index contributed by atoms with van der Waals surface area (Å²) in [6, 6.07) is 5.40. The molecule has 0 atom stereocenters. The molecule has 4 heteroatoms. The largest absolute Gasteiger partial charge is 0.493 e. The predicted molar refractivity (Wildman–Crippen MR) is 67.4 cm³/mol. The summed E-state index contributed by atoms with van der Waals surface area (Å²) in [5.41, 5.74) is 0.601. The average Bonchev–Trinajstić information content (AvgIpc) is 2.46. The molecule has 1 saturated heterocycles. The summed E-state index contributed by atoms with van der Waals surface area (Å²) in [6.07, 6.45) is 1.55. The number of hydrogen-bond donors (Lipinski definition) is 0. The van der Waals surface area contributed by atoms with E-state index in [-0.39, 0.29) is 11.7 Å². The monoisotopic (exact) mass is 250 g/mol. The van der Waals surface area contributed by atoms with E-state index in [9.17, 15) is 4.79 Å². The summed E-state index contributed by atoms with van der Waals surface area (Å²) >= 11 is 0. The van der Waals surface area contributed by atoms with Gasteiger partial charge in [0.25, 0.3) is 0 Å². The SMILES string of the molecule is COc1cccc(C(=O)C2CCOCC2)c1OC. The molecule has 0 radical (unpaired) electrons. The van der Waals surface area contributed by atoms with Crippen LogP contribution in [0.1, 0.15) is 23.2 Å². The third kappa shape index (κ3) is 2.48. The first-order valence-corrected chi connectivity index (χ1v) is 6.11. The molecule has 0 saturated carbocycles. The fourth-order valence-electron chi connectivity index (χ4n) is 2.26. The number of benzene rings is 1. The molecule has 1 aliphatic heterocycles. The minimum atomic E-state index is 0.0276. The first-order chi connectivity index (χ1) is 8.77. The highest BCUT2D eigenvalue weighted by atomic mass is 16.5. The summed E-state index contributed by atoms with van der Waals surface area (Å²) < 4.78 is 15.8. The summed E-state index contributed by atoms with van der Waals surface area (Å²) in [5.74, 6) is 1.26. The van der Waals surface area contributed by atoms with E-state index < -0.39 is 0 Å². The number of carbonyl (C=O) groups is 1. The van der Waals surface area contributed by atoms with Crippen LogP contribution < -0.4 is 9.47 Å². The maximum absolute atomic E-state index is 12.5. The summed E-state index contributed by atoms with van der Waals surface area (Å²) in [5, 5.41) is 0. The van der Waals surface area contributed by atoms with Crippen LogP contribution >= 0.6 is 0 Å². The molecule has 0 aromatic heterocycles. The highest BCUT2D eigenvalue weighted by Gasteiger charge is 2.26. The molecule has 0 spiro atoms. The Morgan fingerprint density at radius 3 is 2.56 bits per heavy atom. The van der Waals surface area contributed by atoms with Gasteiger partial charge in [-0.15, -0.1) is 0 Å². The van der Waals surface area contributed by atoms with E-state index in [1.54, 1.807) is 26.4 Å². The number of para-hydroxylation sites is 1. The van der Waals surface area contributed by atoms with Crippen molar-refractivity contribution >= 4 is 5.78 Å². The third-order valence-electron chi connectivity index (χ3n) is 3.26. The molecule has 2 rings (SSSR count). The standard InChI is InChI=1S/C14H18O4/c1-16-12-5-3-4-11(14(12)17-2)13(15)10-6-8-18-9-7-10/h3-5,10H,6-9H2,1-2H3. The molecule has 4 nitrogen and oxygen atoms in total. The fraction of sp³-hybridized carbons (Fsp3) is 0.500. The molecule has 1 fully saturated rings. The van der Waals surface area contributed by atoms with Gasteiger partial charge in [-0.1, -0.05) is 6.07 Å². The Balaban J connectivity index is 2.28. The van der Waals surface area contributed by atoms with Crippen LogP contribution in [0.5, 0.6) is 11.5 Å². The second kappa shape index (κ2) is 5.87. The van der Waals surface area contributed by atoms with Gasteiger partial charge in [0.2, 0.25) is 0 Å². The highest BCUT2D eigenvalue weighted by molar-refractivity contribution is 6.01. The Morgan fingerprint density at radius 2 is 1.94 bits per heavy atom. The Labute approximate surface area is 107 Å². The van der Waals surface area contributed by atoms with Crippen molar-refractivity contribution in [1.82, 2.24) is 0 Å². The van der Waals surface area contributed by atoms with Crippen LogP contribution in [0.4, 0.5) is 0 Å². The van der Waals surface area contributed by atoms with Gasteiger partial charge in [-0.25, -0.2) is 0 Å². The van der Waals surface area contributed by atoms with E-state index in [0.29, 0.717) is 30.3 Å². The van der Waals surface area contributed by atoms with Crippen molar-refractivity contribution in [2.45, 2.75) is 12.8 Å². The normalized spacial score (nSPS) is 16.3. The predicted octanol–water partition coefficient (Wildman–Crippen LogP) is 2.31. The smallest absolute Gasteiger partial charge is 0.171 e. The minimum Gasteiger partial charge on any atom is -0.493 e. The van der Waals surface area contributed by atoms with Gasteiger partial charge in [0.05, 0.1) is 19.8 Å². The van der Waals surface area contributed by atoms with E-state index >= 15 is 0 Å². The molecule has 0 N–H and O–H groups in total. The van der Waals surface area contributed by atoms with E-state index in [0.717, 1.165) is 12.8 Å². The number of carbonyl (C=O) groups excluding carboxylic acids is 1. The highest BCUT2D eigenvalue weighted by Crippen LogP contribution is 2.33. The Kier molecular flexibility index (Phi) is 4.20. The summed E-state index contributed by atoms with van der Waals surface area (Å²) in [4.78, 5) is 12.5. The molecule has 0 unspecified atom stereocenters. The van der Waals surface area contributed by atoms with E-state index in [2.05, 4.69) is 0 Å². The van der Waals surface area contributed by atoms with Crippen LogP contribution in [0.25, 0.3) is 0 Å². The molecule has 0 amide bonds. The first kappa shape index (κ1) is 12.9. The Morgan fingerprint density at radius 1 is 1.22 bits per heavy atom. The topological polar surface area (TPSA) is 44.8 Å². The van der Waals surface area contributed by atoms with Crippen molar-refractivity contribution in [3.8, 4) is 11.5 Å². The van der Waals surface area contributed by atoms with Gasteiger partial charge in [0.15, 0.2) is 17.3 Å². The lowest BCUT2D eigenvalue weighted by Crippen LogP contribution is -2.24. The van der Waals surface area contributed by atoms with Gasteiger partial charge in [0, 0.05) is 19.1 Å².